The molecule has 2 heterocycles. The zero-order chi connectivity index (χ0) is 20.6. The third-order valence-electron chi connectivity index (χ3n) is 6.47. The quantitative estimate of drug-likeness (QED) is 0.591. The molecule has 8 heteroatoms. The standard InChI is InChI=1S/C21H28N4O3S/c1-3-12-24(20-22-15-9-4-5-10-16(15)29-20)17(26)13-25-18(27)21(23-19(25)28)11-7-6-8-14(21)2/h3,14H,1,4-13H2,2H3,(H,23,28)/t14-,21+/m1/s1. The number of anilines is 1. The number of fused-ring (bicyclic) bond motifs is 1. The minimum absolute atomic E-state index is 0.0720. The van der Waals surface area contributed by atoms with E-state index in [2.05, 4.69) is 16.9 Å². The molecule has 1 saturated carbocycles. The predicted molar refractivity (Wildman–Crippen MR) is 112 cm³/mol. The predicted octanol–water partition coefficient (Wildman–Crippen LogP) is 3.04. The van der Waals surface area contributed by atoms with Crippen molar-refractivity contribution in [2.45, 2.75) is 63.8 Å². The van der Waals surface area contributed by atoms with Crippen molar-refractivity contribution in [3.63, 3.8) is 0 Å². The van der Waals surface area contributed by atoms with E-state index in [0.717, 1.165) is 55.5 Å². The molecular formula is C21H28N4O3S. The number of nitrogens with one attached hydrogen (secondary N) is 1. The first-order valence-corrected chi connectivity index (χ1v) is 11.3. The molecular weight excluding hydrogens is 388 g/mol. The fraction of sp³-hybridized carbons (Fsp3) is 0.619. The van der Waals surface area contributed by atoms with Crippen molar-refractivity contribution in [3.8, 4) is 0 Å². The molecule has 0 bridgehead atoms. The Kier molecular flexibility index (Phi) is 5.46. The fourth-order valence-corrected chi connectivity index (χ4v) is 5.90. The van der Waals surface area contributed by atoms with Crippen LogP contribution in [-0.2, 0) is 22.4 Å². The normalized spacial score (nSPS) is 26.4. The second-order valence-electron chi connectivity index (χ2n) is 8.31. The first-order valence-electron chi connectivity index (χ1n) is 10.5. The van der Waals surface area contributed by atoms with Crippen LogP contribution >= 0.6 is 11.3 Å². The summed E-state index contributed by atoms with van der Waals surface area (Å²) in [6.07, 6.45) is 9.36. The molecule has 7 nitrogen and oxygen atoms in total. The highest BCUT2D eigenvalue weighted by atomic mass is 32.1. The Morgan fingerprint density at radius 2 is 2.14 bits per heavy atom. The van der Waals surface area contributed by atoms with Gasteiger partial charge in [-0.15, -0.1) is 17.9 Å². The van der Waals surface area contributed by atoms with Crippen molar-refractivity contribution in [1.82, 2.24) is 15.2 Å². The van der Waals surface area contributed by atoms with Crippen molar-refractivity contribution < 1.29 is 14.4 Å². The summed E-state index contributed by atoms with van der Waals surface area (Å²) in [7, 11) is 0. The van der Waals surface area contributed by atoms with E-state index in [1.807, 2.05) is 6.92 Å². The molecule has 0 unspecified atom stereocenters. The number of thiazole rings is 1. The highest BCUT2D eigenvalue weighted by molar-refractivity contribution is 7.16. The van der Waals surface area contributed by atoms with Crippen LogP contribution < -0.4 is 10.2 Å². The van der Waals surface area contributed by atoms with Crippen LogP contribution in [0.15, 0.2) is 12.7 Å². The SMILES string of the molecule is C=CCN(C(=O)CN1C(=O)N[C@]2(CCCC[C@H]2C)C1=O)c1nc2c(s1)CCCC2. The number of carbonyl (C=O) groups is 3. The van der Waals surface area contributed by atoms with Crippen molar-refractivity contribution in [2.24, 2.45) is 5.92 Å². The lowest BCUT2D eigenvalue weighted by Gasteiger charge is -2.36. The second-order valence-corrected chi connectivity index (χ2v) is 9.37. The van der Waals surface area contributed by atoms with Gasteiger partial charge in [0.15, 0.2) is 5.13 Å². The number of hydrogen-bond acceptors (Lipinski definition) is 5. The first kappa shape index (κ1) is 20.1. The molecule has 2 atom stereocenters. The van der Waals surface area contributed by atoms with Crippen LogP contribution in [0.1, 0.15) is 56.0 Å². The van der Waals surface area contributed by atoms with Crippen LogP contribution in [0.5, 0.6) is 0 Å². The lowest BCUT2D eigenvalue weighted by Crippen LogP contribution is -2.54. The molecule has 1 spiro atoms. The fourth-order valence-electron chi connectivity index (χ4n) is 4.73. The lowest BCUT2D eigenvalue weighted by atomic mass is 9.73. The Morgan fingerprint density at radius 3 is 2.86 bits per heavy atom. The summed E-state index contributed by atoms with van der Waals surface area (Å²) in [5, 5.41) is 3.54. The van der Waals surface area contributed by atoms with E-state index >= 15 is 0 Å². The van der Waals surface area contributed by atoms with Crippen molar-refractivity contribution in [1.29, 1.82) is 0 Å². The van der Waals surface area contributed by atoms with Gasteiger partial charge in [-0.05, 0) is 44.4 Å². The highest BCUT2D eigenvalue weighted by Crippen LogP contribution is 2.38. The molecule has 4 rings (SSSR count). The summed E-state index contributed by atoms with van der Waals surface area (Å²) in [5.74, 6) is -0.497. The molecule has 156 valence electrons. The van der Waals surface area contributed by atoms with Crippen LogP contribution in [0.2, 0.25) is 0 Å². The molecule has 1 aliphatic heterocycles. The Labute approximate surface area is 175 Å². The monoisotopic (exact) mass is 416 g/mol. The number of aromatic nitrogens is 1. The molecule has 29 heavy (non-hydrogen) atoms. The molecule has 1 aromatic heterocycles. The van der Waals surface area contributed by atoms with E-state index in [4.69, 9.17) is 0 Å². The van der Waals surface area contributed by atoms with Gasteiger partial charge >= 0.3 is 6.03 Å². The van der Waals surface area contributed by atoms with Crippen molar-refractivity contribution >= 4 is 34.3 Å². The Bertz CT molecular complexity index is 827. The molecule has 0 aromatic carbocycles. The molecule has 4 amide bonds. The topological polar surface area (TPSA) is 82.6 Å². The minimum Gasteiger partial charge on any atom is -0.323 e. The van der Waals surface area contributed by atoms with Gasteiger partial charge in [-0.1, -0.05) is 25.8 Å². The number of urea groups is 1. The van der Waals surface area contributed by atoms with Gasteiger partial charge in [-0.25, -0.2) is 9.78 Å². The molecule has 0 radical (unpaired) electrons. The van der Waals surface area contributed by atoms with Gasteiger partial charge < -0.3 is 5.32 Å². The van der Waals surface area contributed by atoms with E-state index in [-0.39, 0.29) is 24.3 Å². The average molecular weight is 417 g/mol. The van der Waals surface area contributed by atoms with Gasteiger partial charge in [0.25, 0.3) is 5.91 Å². The smallest absolute Gasteiger partial charge is 0.323 e. The Balaban J connectivity index is 1.53. The number of rotatable bonds is 5. The number of imide groups is 1. The number of amides is 4. The van der Waals surface area contributed by atoms with Gasteiger partial charge in [0.2, 0.25) is 5.91 Å². The zero-order valence-corrected chi connectivity index (χ0v) is 17.7. The minimum atomic E-state index is -0.848. The summed E-state index contributed by atoms with van der Waals surface area (Å²) >= 11 is 1.54. The number of aryl methyl sites for hydroxylation is 2. The molecule has 1 saturated heterocycles. The second kappa shape index (κ2) is 7.89. The van der Waals surface area contributed by atoms with E-state index in [1.165, 1.54) is 16.2 Å². The molecule has 1 N–H and O–H groups in total. The van der Waals surface area contributed by atoms with E-state index in [0.29, 0.717) is 18.1 Å². The molecule has 1 aromatic rings. The van der Waals surface area contributed by atoms with Gasteiger partial charge in [0.1, 0.15) is 12.1 Å². The maximum atomic E-state index is 13.2. The summed E-state index contributed by atoms with van der Waals surface area (Å²) in [6.45, 7) is 5.80. The van der Waals surface area contributed by atoms with Gasteiger partial charge in [0, 0.05) is 11.4 Å². The Hall–Kier alpha value is -2.22. The van der Waals surface area contributed by atoms with Gasteiger partial charge in [0.05, 0.1) is 5.69 Å². The molecule has 2 aliphatic carbocycles. The Morgan fingerprint density at radius 1 is 1.34 bits per heavy atom. The van der Waals surface area contributed by atoms with Crippen LogP contribution in [0.4, 0.5) is 9.93 Å². The lowest BCUT2D eigenvalue weighted by molar-refractivity contribution is -0.136. The maximum Gasteiger partial charge on any atom is 0.325 e. The van der Waals surface area contributed by atoms with E-state index < -0.39 is 11.6 Å². The van der Waals surface area contributed by atoms with Crippen molar-refractivity contribution in [3.05, 3.63) is 23.2 Å². The van der Waals surface area contributed by atoms with Gasteiger partial charge in [-0.2, -0.15) is 0 Å². The molecule has 2 fully saturated rings. The third-order valence-corrected chi connectivity index (χ3v) is 7.65. The third kappa shape index (κ3) is 3.47. The van der Waals surface area contributed by atoms with E-state index in [1.54, 1.807) is 11.0 Å². The number of nitrogens with zero attached hydrogens (tertiary/aromatic N) is 3. The highest BCUT2D eigenvalue weighted by Gasteiger charge is 2.55. The largest absolute Gasteiger partial charge is 0.325 e. The number of carbonyl (C=O) groups excluding carboxylic acids is 3. The number of hydrogen-bond donors (Lipinski definition) is 1. The first-order chi connectivity index (χ1) is 14.0. The summed E-state index contributed by atoms with van der Waals surface area (Å²) < 4.78 is 0. The van der Waals surface area contributed by atoms with Crippen LogP contribution in [0, 0.1) is 5.92 Å². The zero-order valence-electron chi connectivity index (χ0n) is 16.9. The summed E-state index contributed by atoms with van der Waals surface area (Å²) in [5.41, 5.74) is 0.224. The van der Waals surface area contributed by atoms with E-state index in [9.17, 15) is 14.4 Å². The van der Waals surface area contributed by atoms with Crippen LogP contribution in [0.25, 0.3) is 0 Å². The summed E-state index contributed by atoms with van der Waals surface area (Å²) in [6, 6.07) is -0.464. The average Bonchev–Trinajstić information content (AvgIpc) is 3.23. The van der Waals surface area contributed by atoms with Crippen LogP contribution in [-0.4, -0.2) is 46.4 Å². The van der Waals surface area contributed by atoms with Crippen molar-refractivity contribution in [2.75, 3.05) is 18.0 Å². The van der Waals surface area contributed by atoms with Crippen LogP contribution in [0.3, 0.4) is 0 Å². The maximum absolute atomic E-state index is 13.2. The molecule has 3 aliphatic rings. The van der Waals surface area contributed by atoms with Gasteiger partial charge in [-0.3, -0.25) is 19.4 Å². The summed E-state index contributed by atoms with van der Waals surface area (Å²) in [4.78, 5) is 47.4.